The van der Waals surface area contributed by atoms with Crippen LogP contribution in [0.5, 0.6) is 0 Å². The first-order chi connectivity index (χ1) is 42.6. The van der Waals surface area contributed by atoms with Crippen LogP contribution in [0.25, 0.3) is 0 Å². The lowest BCUT2D eigenvalue weighted by atomic mass is 9.97. The van der Waals surface area contributed by atoms with E-state index in [4.69, 9.17) is 18.9 Å². The van der Waals surface area contributed by atoms with Crippen LogP contribution in [0.15, 0.2) is 12.2 Å². The molecule has 2 saturated heterocycles. The summed E-state index contributed by atoms with van der Waals surface area (Å²) >= 11 is 0. The molecule has 0 spiro atoms. The Morgan fingerprint density at radius 2 is 0.713 bits per heavy atom. The minimum Gasteiger partial charge on any atom is -0.394 e. The van der Waals surface area contributed by atoms with Crippen molar-refractivity contribution in [2.45, 2.75) is 428 Å². The van der Waals surface area contributed by atoms with Crippen molar-refractivity contribution < 1.29 is 64.6 Å². The molecule has 0 aromatic carbocycles. The maximum Gasteiger partial charge on any atom is 0.220 e. The van der Waals surface area contributed by atoms with Crippen molar-refractivity contribution in [2.24, 2.45) is 0 Å². The lowest BCUT2D eigenvalue weighted by Gasteiger charge is -2.46. The average Bonchev–Trinajstić information content (AvgIpc) is 1.62. The molecule has 14 heteroatoms. The van der Waals surface area contributed by atoms with E-state index in [9.17, 15) is 45.6 Å². The van der Waals surface area contributed by atoms with Crippen molar-refractivity contribution in [2.75, 3.05) is 19.8 Å². The number of allylic oxidation sites excluding steroid dienone is 1. The summed E-state index contributed by atoms with van der Waals surface area (Å²) in [6.07, 6.45) is 55.6. The molecule has 516 valence electrons. The Hall–Kier alpha value is -1.27. The largest absolute Gasteiger partial charge is 0.394 e. The standard InChI is InChI=1S/C73H141NO13/c1-3-5-7-9-11-13-15-17-19-21-23-25-27-29-30-31-32-33-35-37-39-41-43-45-47-49-51-53-55-57-65(78)74-61(60-84-72-70(83)68(81)71(64(59-76)86-72)87-73-69(82)67(80)66(79)63(58-75)85-73)62(77)56-54-52-50-48-46-44-42-40-38-36-34-28-26-24-22-20-18-16-14-12-10-8-6-4-2/h54,56,61-64,66-73,75-77,79-83H,3-53,55,57-60H2,1-2H3,(H,74,78)/b56-54+. The SMILES string of the molecule is CCCCCCCCCCCCCCCCCCCCCCCC/C=C/C(O)C(COC1OC(CO)C(OC2OC(CO)C(O)C(O)C2O)C(O)C1O)NC(=O)CCCCCCCCCCCCCCCCCCCCCCCCCCCCCCC. The van der Waals surface area contributed by atoms with Crippen LogP contribution in [0.4, 0.5) is 0 Å². The highest BCUT2D eigenvalue weighted by Gasteiger charge is 2.51. The first kappa shape index (κ1) is 81.8. The zero-order valence-electron chi connectivity index (χ0n) is 56.3. The molecule has 9 N–H and O–H groups in total. The van der Waals surface area contributed by atoms with Crippen LogP contribution in [0, 0.1) is 0 Å². The molecule has 12 atom stereocenters. The number of hydrogen-bond donors (Lipinski definition) is 9. The van der Waals surface area contributed by atoms with E-state index >= 15 is 0 Å². The molecular weight excluding hydrogens is 1100 g/mol. The Balaban J connectivity index is 1.65. The Labute approximate surface area is 533 Å². The average molecular weight is 1240 g/mol. The van der Waals surface area contributed by atoms with Gasteiger partial charge in [-0.05, 0) is 19.3 Å². The fraction of sp³-hybridized carbons (Fsp3) is 0.959. The molecule has 2 heterocycles. The molecule has 0 bridgehead atoms. The molecule has 0 radical (unpaired) electrons. The number of aliphatic hydroxyl groups is 8. The van der Waals surface area contributed by atoms with Gasteiger partial charge in [0.25, 0.3) is 0 Å². The number of hydrogen-bond acceptors (Lipinski definition) is 13. The van der Waals surface area contributed by atoms with Gasteiger partial charge in [-0.3, -0.25) is 4.79 Å². The van der Waals surface area contributed by atoms with E-state index in [2.05, 4.69) is 19.2 Å². The monoisotopic (exact) mass is 1240 g/mol. The predicted octanol–water partition coefficient (Wildman–Crippen LogP) is 15.7. The Bertz CT molecular complexity index is 1510. The van der Waals surface area contributed by atoms with Crippen molar-refractivity contribution in [3.8, 4) is 0 Å². The first-order valence-electron chi connectivity index (χ1n) is 37.4. The van der Waals surface area contributed by atoms with Crippen LogP contribution in [-0.2, 0) is 23.7 Å². The molecule has 1 amide bonds. The summed E-state index contributed by atoms with van der Waals surface area (Å²) in [6, 6.07) is -0.912. The fourth-order valence-corrected chi connectivity index (χ4v) is 12.8. The summed E-state index contributed by atoms with van der Waals surface area (Å²) in [5.74, 6) is -0.230. The Morgan fingerprint density at radius 1 is 0.402 bits per heavy atom. The van der Waals surface area contributed by atoms with E-state index in [1.165, 1.54) is 289 Å². The molecule has 2 rings (SSSR count). The Kier molecular flexibility index (Phi) is 55.1. The van der Waals surface area contributed by atoms with Gasteiger partial charge >= 0.3 is 0 Å². The molecule has 0 aromatic heterocycles. The number of unbranched alkanes of at least 4 members (excludes halogenated alkanes) is 50. The van der Waals surface area contributed by atoms with Gasteiger partial charge in [-0.15, -0.1) is 0 Å². The second-order valence-corrected chi connectivity index (χ2v) is 26.8. The van der Waals surface area contributed by atoms with Crippen molar-refractivity contribution in [1.29, 1.82) is 0 Å². The number of aliphatic hydroxyl groups excluding tert-OH is 8. The van der Waals surface area contributed by atoms with Crippen LogP contribution in [0.1, 0.15) is 354 Å². The van der Waals surface area contributed by atoms with Crippen LogP contribution < -0.4 is 5.32 Å². The van der Waals surface area contributed by atoms with Gasteiger partial charge in [-0.2, -0.15) is 0 Å². The molecule has 2 aliphatic rings. The summed E-state index contributed by atoms with van der Waals surface area (Å²) in [4.78, 5) is 13.4. The van der Waals surface area contributed by atoms with Gasteiger partial charge in [-0.25, -0.2) is 0 Å². The van der Waals surface area contributed by atoms with Gasteiger partial charge in [0.15, 0.2) is 12.6 Å². The molecule has 0 aliphatic carbocycles. The molecule has 0 aromatic rings. The smallest absolute Gasteiger partial charge is 0.220 e. The number of nitrogens with one attached hydrogen (secondary N) is 1. The van der Waals surface area contributed by atoms with Crippen molar-refractivity contribution in [3.63, 3.8) is 0 Å². The molecular formula is C73H141NO13. The van der Waals surface area contributed by atoms with Gasteiger partial charge in [0, 0.05) is 6.42 Å². The number of carbonyl (C=O) groups is 1. The van der Waals surface area contributed by atoms with E-state index in [0.717, 1.165) is 44.9 Å². The highest BCUT2D eigenvalue weighted by atomic mass is 16.7. The van der Waals surface area contributed by atoms with Crippen molar-refractivity contribution in [3.05, 3.63) is 12.2 Å². The van der Waals surface area contributed by atoms with Crippen LogP contribution in [0.2, 0.25) is 0 Å². The van der Waals surface area contributed by atoms with Crippen molar-refractivity contribution in [1.82, 2.24) is 5.32 Å². The zero-order valence-corrected chi connectivity index (χ0v) is 56.3. The van der Waals surface area contributed by atoms with Gasteiger partial charge in [-0.1, -0.05) is 341 Å². The number of carbonyl (C=O) groups excluding carboxylic acids is 1. The minimum atomic E-state index is -1.79. The zero-order chi connectivity index (χ0) is 63.1. The summed E-state index contributed by atoms with van der Waals surface area (Å²) in [6.45, 7) is 2.87. The lowest BCUT2D eigenvalue weighted by Crippen LogP contribution is -2.65. The lowest BCUT2D eigenvalue weighted by molar-refractivity contribution is -0.359. The van der Waals surface area contributed by atoms with Crippen LogP contribution in [-0.4, -0.2) is 140 Å². The second kappa shape index (κ2) is 58.5. The van der Waals surface area contributed by atoms with Gasteiger partial charge < -0.3 is 65.1 Å². The van der Waals surface area contributed by atoms with E-state index in [1.807, 2.05) is 6.08 Å². The molecule has 2 aliphatic heterocycles. The summed E-state index contributed by atoms with van der Waals surface area (Å²) in [5.41, 5.74) is 0. The molecule has 14 nitrogen and oxygen atoms in total. The number of amides is 1. The highest BCUT2D eigenvalue weighted by molar-refractivity contribution is 5.76. The third-order valence-electron chi connectivity index (χ3n) is 18.7. The summed E-state index contributed by atoms with van der Waals surface area (Å²) in [7, 11) is 0. The summed E-state index contributed by atoms with van der Waals surface area (Å²) in [5, 5.41) is 87.5. The molecule has 87 heavy (non-hydrogen) atoms. The predicted molar refractivity (Wildman–Crippen MR) is 355 cm³/mol. The highest BCUT2D eigenvalue weighted by Crippen LogP contribution is 2.30. The first-order valence-corrected chi connectivity index (χ1v) is 37.4. The maximum atomic E-state index is 13.4. The van der Waals surface area contributed by atoms with E-state index < -0.39 is 86.8 Å². The third kappa shape index (κ3) is 42.6. The van der Waals surface area contributed by atoms with Crippen molar-refractivity contribution >= 4 is 5.91 Å². The maximum absolute atomic E-state index is 13.4. The van der Waals surface area contributed by atoms with E-state index in [0.29, 0.717) is 0 Å². The van der Waals surface area contributed by atoms with Gasteiger partial charge in [0.05, 0.1) is 32.0 Å². The van der Waals surface area contributed by atoms with E-state index in [-0.39, 0.29) is 18.9 Å². The van der Waals surface area contributed by atoms with Gasteiger partial charge in [0.2, 0.25) is 5.91 Å². The fourth-order valence-electron chi connectivity index (χ4n) is 12.8. The van der Waals surface area contributed by atoms with Crippen LogP contribution in [0.3, 0.4) is 0 Å². The molecule has 2 fully saturated rings. The van der Waals surface area contributed by atoms with E-state index in [1.54, 1.807) is 6.08 Å². The van der Waals surface area contributed by atoms with Gasteiger partial charge in [0.1, 0.15) is 48.8 Å². The quantitative estimate of drug-likeness (QED) is 0.0204. The normalized spacial score (nSPS) is 23.2. The molecule has 12 unspecified atom stereocenters. The summed E-state index contributed by atoms with van der Waals surface area (Å²) < 4.78 is 22.9. The number of ether oxygens (including phenoxy) is 4. The minimum absolute atomic E-state index is 0.230. The third-order valence-corrected chi connectivity index (χ3v) is 18.7. The molecule has 0 saturated carbocycles. The second-order valence-electron chi connectivity index (χ2n) is 26.8. The number of rotatable bonds is 63. The Morgan fingerprint density at radius 3 is 1.06 bits per heavy atom. The van der Waals surface area contributed by atoms with Crippen LogP contribution >= 0.6 is 0 Å². The topological polar surface area (TPSA) is 228 Å².